The monoisotopic (exact) mass is 226 g/mol. The number of halogens is 1. The maximum absolute atomic E-state index is 6.06. The maximum atomic E-state index is 6.06. The van der Waals surface area contributed by atoms with Gasteiger partial charge in [0, 0.05) is 5.92 Å². The van der Waals surface area contributed by atoms with Crippen molar-refractivity contribution in [1.82, 2.24) is 10.1 Å². The molecule has 2 fully saturated rings. The van der Waals surface area contributed by atoms with Crippen LogP contribution >= 0.6 is 11.6 Å². The largest absolute Gasteiger partial charge is 0.339 e. The van der Waals surface area contributed by atoms with Crippen molar-refractivity contribution >= 4 is 11.6 Å². The van der Waals surface area contributed by atoms with Crippen molar-refractivity contribution in [3.8, 4) is 0 Å². The first-order chi connectivity index (χ1) is 7.28. The third-order valence-corrected chi connectivity index (χ3v) is 4.19. The standard InChI is InChI=1S/C11H15ClN2O/c1-2-9(12)10-13-11(15-14-10)8-4-6-3-7(6)5-8/h6-9H,2-5H2,1H3. The van der Waals surface area contributed by atoms with E-state index in [-0.39, 0.29) is 5.38 Å². The van der Waals surface area contributed by atoms with Crippen molar-refractivity contribution < 1.29 is 4.52 Å². The molecule has 1 aromatic rings. The van der Waals surface area contributed by atoms with Gasteiger partial charge >= 0.3 is 0 Å². The quantitative estimate of drug-likeness (QED) is 0.743. The zero-order valence-electron chi connectivity index (χ0n) is 8.82. The Balaban J connectivity index is 1.73. The fourth-order valence-corrected chi connectivity index (χ4v) is 2.73. The topological polar surface area (TPSA) is 38.9 Å². The van der Waals surface area contributed by atoms with Crippen LogP contribution in [-0.2, 0) is 0 Å². The fourth-order valence-electron chi connectivity index (χ4n) is 2.64. The molecule has 4 heteroatoms. The molecule has 0 aliphatic heterocycles. The van der Waals surface area contributed by atoms with Crippen molar-refractivity contribution in [2.45, 2.75) is 43.9 Å². The maximum Gasteiger partial charge on any atom is 0.229 e. The molecular weight excluding hydrogens is 212 g/mol. The average molecular weight is 227 g/mol. The lowest BCUT2D eigenvalue weighted by molar-refractivity contribution is 0.342. The summed E-state index contributed by atoms with van der Waals surface area (Å²) in [6.45, 7) is 2.03. The number of hydrogen-bond acceptors (Lipinski definition) is 3. The average Bonchev–Trinajstić information content (AvgIpc) is 2.75. The molecule has 2 aliphatic carbocycles. The van der Waals surface area contributed by atoms with Crippen LogP contribution in [0.1, 0.15) is 55.6 Å². The molecular formula is C11H15ClN2O. The van der Waals surface area contributed by atoms with Crippen molar-refractivity contribution in [2.75, 3.05) is 0 Å². The summed E-state index contributed by atoms with van der Waals surface area (Å²) in [6, 6.07) is 0. The van der Waals surface area contributed by atoms with E-state index in [4.69, 9.17) is 16.1 Å². The van der Waals surface area contributed by atoms with E-state index in [1.807, 2.05) is 6.92 Å². The summed E-state index contributed by atoms with van der Waals surface area (Å²) in [4.78, 5) is 4.41. The van der Waals surface area contributed by atoms with Gasteiger partial charge in [-0.05, 0) is 37.5 Å². The Morgan fingerprint density at radius 3 is 2.80 bits per heavy atom. The molecule has 0 spiro atoms. The molecule has 0 bridgehead atoms. The van der Waals surface area contributed by atoms with E-state index < -0.39 is 0 Å². The van der Waals surface area contributed by atoms with Gasteiger partial charge in [-0.25, -0.2) is 0 Å². The molecule has 1 heterocycles. The number of rotatable bonds is 3. The Morgan fingerprint density at radius 2 is 2.13 bits per heavy atom. The Labute approximate surface area is 94.2 Å². The Morgan fingerprint density at radius 1 is 1.40 bits per heavy atom. The molecule has 2 saturated carbocycles. The predicted molar refractivity (Wildman–Crippen MR) is 56.8 cm³/mol. The first-order valence-electron chi connectivity index (χ1n) is 5.75. The summed E-state index contributed by atoms with van der Waals surface area (Å²) in [5.74, 6) is 3.88. The van der Waals surface area contributed by atoms with Gasteiger partial charge in [0.2, 0.25) is 5.89 Å². The van der Waals surface area contributed by atoms with Gasteiger partial charge in [-0.15, -0.1) is 11.6 Å². The molecule has 0 amide bonds. The van der Waals surface area contributed by atoms with Crippen molar-refractivity contribution in [2.24, 2.45) is 11.8 Å². The van der Waals surface area contributed by atoms with Gasteiger partial charge in [0.25, 0.3) is 0 Å². The van der Waals surface area contributed by atoms with Gasteiger partial charge in [-0.1, -0.05) is 12.1 Å². The molecule has 0 radical (unpaired) electrons. The normalized spacial score (nSPS) is 35.2. The van der Waals surface area contributed by atoms with E-state index in [0.717, 1.165) is 24.1 Å². The third kappa shape index (κ3) is 1.67. The van der Waals surface area contributed by atoms with Crippen LogP contribution in [0.2, 0.25) is 0 Å². The summed E-state index contributed by atoms with van der Waals surface area (Å²) >= 11 is 6.06. The van der Waals surface area contributed by atoms with E-state index in [1.165, 1.54) is 19.3 Å². The van der Waals surface area contributed by atoms with Gasteiger partial charge in [-0.2, -0.15) is 4.98 Å². The lowest BCUT2D eigenvalue weighted by Gasteiger charge is -2.04. The van der Waals surface area contributed by atoms with Crippen LogP contribution in [0, 0.1) is 11.8 Å². The predicted octanol–water partition coefficient (Wildman–Crippen LogP) is 3.27. The molecule has 1 aromatic heterocycles. The van der Waals surface area contributed by atoms with Gasteiger partial charge in [-0.3, -0.25) is 0 Å². The lowest BCUT2D eigenvalue weighted by atomic mass is 10.0. The van der Waals surface area contributed by atoms with E-state index in [9.17, 15) is 0 Å². The van der Waals surface area contributed by atoms with Crippen molar-refractivity contribution in [1.29, 1.82) is 0 Å². The number of nitrogens with zero attached hydrogens (tertiary/aromatic N) is 2. The van der Waals surface area contributed by atoms with Crippen LogP contribution in [0.3, 0.4) is 0 Å². The molecule has 0 aromatic carbocycles. The number of alkyl halides is 1. The van der Waals surface area contributed by atoms with E-state index in [1.54, 1.807) is 0 Å². The third-order valence-electron chi connectivity index (χ3n) is 3.69. The highest BCUT2D eigenvalue weighted by atomic mass is 35.5. The molecule has 2 aliphatic rings. The molecule has 0 saturated heterocycles. The van der Waals surface area contributed by atoms with Gasteiger partial charge in [0.15, 0.2) is 5.82 Å². The van der Waals surface area contributed by atoms with Crippen LogP contribution < -0.4 is 0 Å². The molecule has 3 rings (SSSR count). The summed E-state index contributed by atoms with van der Waals surface area (Å²) in [7, 11) is 0. The smallest absolute Gasteiger partial charge is 0.229 e. The highest BCUT2D eigenvalue weighted by molar-refractivity contribution is 6.20. The lowest BCUT2D eigenvalue weighted by Crippen LogP contribution is -1.97. The van der Waals surface area contributed by atoms with E-state index >= 15 is 0 Å². The molecule has 15 heavy (non-hydrogen) atoms. The zero-order valence-corrected chi connectivity index (χ0v) is 9.57. The second-order valence-electron chi connectivity index (χ2n) is 4.79. The molecule has 3 unspecified atom stereocenters. The fraction of sp³-hybridized carbons (Fsp3) is 0.818. The minimum atomic E-state index is -0.0987. The van der Waals surface area contributed by atoms with Crippen LogP contribution in [-0.4, -0.2) is 10.1 Å². The SMILES string of the molecule is CCC(Cl)c1noc(C2CC3CC3C2)n1. The van der Waals surface area contributed by atoms with Gasteiger partial charge in [0.1, 0.15) is 0 Å². The number of hydrogen-bond donors (Lipinski definition) is 0. The second kappa shape index (κ2) is 3.48. The van der Waals surface area contributed by atoms with Crippen molar-refractivity contribution in [3.63, 3.8) is 0 Å². The highest BCUT2D eigenvalue weighted by Gasteiger charge is 2.47. The first kappa shape index (κ1) is 9.64. The minimum Gasteiger partial charge on any atom is -0.339 e. The van der Waals surface area contributed by atoms with Crippen LogP contribution in [0.4, 0.5) is 0 Å². The molecule has 3 nitrogen and oxygen atoms in total. The zero-order chi connectivity index (χ0) is 10.4. The number of aromatic nitrogens is 2. The molecule has 0 N–H and O–H groups in total. The van der Waals surface area contributed by atoms with Gasteiger partial charge < -0.3 is 4.52 Å². The highest BCUT2D eigenvalue weighted by Crippen LogP contribution is 2.57. The summed E-state index contributed by atoms with van der Waals surface area (Å²) in [5.41, 5.74) is 0. The Kier molecular flexibility index (Phi) is 2.23. The Bertz CT molecular complexity index is 355. The minimum absolute atomic E-state index is 0.0987. The first-order valence-corrected chi connectivity index (χ1v) is 6.19. The summed E-state index contributed by atoms with van der Waals surface area (Å²) in [6.07, 6.45) is 4.75. The molecule has 3 atom stereocenters. The van der Waals surface area contributed by atoms with E-state index in [0.29, 0.717) is 11.7 Å². The van der Waals surface area contributed by atoms with Crippen LogP contribution in [0.15, 0.2) is 4.52 Å². The Hall–Kier alpha value is -0.570. The summed E-state index contributed by atoms with van der Waals surface area (Å²) in [5, 5.41) is 3.85. The van der Waals surface area contributed by atoms with E-state index in [2.05, 4.69) is 10.1 Å². The van der Waals surface area contributed by atoms with Crippen LogP contribution in [0.25, 0.3) is 0 Å². The molecule has 82 valence electrons. The number of fused-ring (bicyclic) bond motifs is 1. The second-order valence-corrected chi connectivity index (χ2v) is 5.32. The summed E-state index contributed by atoms with van der Waals surface area (Å²) < 4.78 is 5.29. The van der Waals surface area contributed by atoms with Gasteiger partial charge in [0.05, 0.1) is 5.38 Å². The van der Waals surface area contributed by atoms with Crippen molar-refractivity contribution in [3.05, 3.63) is 11.7 Å². The van der Waals surface area contributed by atoms with Crippen LogP contribution in [0.5, 0.6) is 0 Å².